The number of carbonyl (C=O) groups is 2. The van der Waals surface area contributed by atoms with Gasteiger partial charge in [-0.15, -0.1) is 0 Å². The molecule has 0 atom stereocenters. The van der Waals surface area contributed by atoms with Gasteiger partial charge in [0.25, 0.3) is 0 Å². The van der Waals surface area contributed by atoms with Crippen molar-refractivity contribution in [2.24, 2.45) is 29.6 Å². The summed E-state index contributed by atoms with van der Waals surface area (Å²) in [6.07, 6.45) is 5.91. The van der Waals surface area contributed by atoms with Crippen LogP contribution in [0.5, 0.6) is 0 Å². The Morgan fingerprint density at radius 1 is 1.00 bits per heavy atom. The van der Waals surface area contributed by atoms with Crippen LogP contribution in [0.3, 0.4) is 0 Å². The van der Waals surface area contributed by atoms with Crippen LogP contribution in [0.4, 0.5) is 0 Å². The molecule has 18 heavy (non-hydrogen) atoms. The minimum atomic E-state index is -0.947. The number of carboxylic acid groups (broad SMARTS) is 1. The fourth-order valence-electron chi connectivity index (χ4n) is 4.86. The summed E-state index contributed by atoms with van der Waals surface area (Å²) in [5.74, 6) is 1.89. The lowest BCUT2D eigenvalue weighted by atomic mass is 9.51. The number of Topliss-reactive ketones (excluding diaryl/α,β-unsaturated/α-hetero) is 1. The molecule has 0 heterocycles. The van der Waals surface area contributed by atoms with E-state index in [0.717, 1.165) is 11.8 Å². The highest BCUT2D eigenvalue weighted by Crippen LogP contribution is 2.57. The van der Waals surface area contributed by atoms with E-state index in [4.69, 9.17) is 5.11 Å². The molecule has 0 aliphatic heterocycles. The molecular weight excluding hydrogens is 228 g/mol. The maximum absolute atomic E-state index is 12.4. The Kier molecular flexibility index (Phi) is 2.80. The largest absolute Gasteiger partial charge is 0.481 e. The Hall–Kier alpha value is -1.12. The van der Waals surface area contributed by atoms with Gasteiger partial charge in [0.2, 0.25) is 0 Å². The highest BCUT2D eigenvalue weighted by Gasteiger charge is 2.50. The van der Waals surface area contributed by atoms with Crippen LogP contribution in [0.2, 0.25) is 0 Å². The van der Waals surface area contributed by atoms with Crippen LogP contribution < -0.4 is 0 Å². The first-order valence-corrected chi connectivity index (χ1v) is 6.98. The highest BCUT2D eigenvalue weighted by molar-refractivity contribution is 6.00. The van der Waals surface area contributed by atoms with E-state index in [0.29, 0.717) is 17.4 Å². The molecule has 0 spiro atoms. The molecule has 4 bridgehead atoms. The zero-order valence-corrected chi connectivity index (χ0v) is 10.6. The minimum absolute atomic E-state index is 0.0474. The van der Waals surface area contributed by atoms with E-state index >= 15 is 0 Å². The summed E-state index contributed by atoms with van der Waals surface area (Å²) >= 11 is 0. The molecule has 4 fully saturated rings. The average Bonchev–Trinajstić information content (AvgIpc) is 2.26. The van der Waals surface area contributed by atoms with Crippen molar-refractivity contribution in [1.29, 1.82) is 0 Å². The van der Waals surface area contributed by atoms with Crippen molar-refractivity contribution in [2.75, 3.05) is 0 Å². The van der Waals surface area contributed by atoms with Crippen LogP contribution in [0, 0.1) is 29.6 Å². The van der Waals surface area contributed by atoms with Crippen molar-refractivity contribution in [2.45, 2.75) is 38.5 Å². The molecule has 1 N–H and O–H groups in total. The molecule has 4 saturated carbocycles. The van der Waals surface area contributed by atoms with Gasteiger partial charge in [-0.05, 0) is 61.3 Å². The molecule has 4 aliphatic rings. The van der Waals surface area contributed by atoms with Crippen LogP contribution in [-0.2, 0) is 9.59 Å². The number of carbonyl (C=O) groups excluding carboxylic acids is 1. The summed E-state index contributed by atoms with van der Waals surface area (Å²) in [5.41, 5.74) is 0.306. The Bertz CT molecular complexity index is 382. The number of hydrogen-bond acceptors (Lipinski definition) is 2. The van der Waals surface area contributed by atoms with Crippen molar-refractivity contribution >= 4 is 11.8 Å². The average molecular weight is 248 g/mol. The summed E-state index contributed by atoms with van der Waals surface area (Å²) in [4.78, 5) is 23.1. The smallest absolute Gasteiger partial charge is 0.307 e. The standard InChI is InChI=1S/C15H20O3/c1-8(2-13(16)17)15(18)14-11-4-9-3-10(6-11)7-12(14)5-9/h9-12,14H,1-7H2,(H,16,17). The van der Waals surface area contributed by atoms with Crippen LogP contribution in [0.1, 0.15) is 38.5 Å². The maximum atomic E-state index is 12.4. The second-order valence-corrected chi connectivity index (χ2v) is 6.49. The zero-order chi connectivity index (χ0) is 12.9. The molecule has 3 heteroatoms. The fourth-order valence-corrected chi connectivity index (χ4v) is 4.86. The second kappa shape index (κ2) is 4.22. The summed E-state index contributed by atoms with van der Waals surface area (Å²) < 4.78 is 0. The third-order valence-corrected chi connectivity index (χ3v) is 5.24. The molecule has 0 saturated heterocycles. The van der Waals surface area contributed by atoms with Crippen molar-refractivity contribution in [3.63, 3.8) is 0 Å². The lowest BCUT2D eigenvalue weighted by molar-refractivity contribution is -0.139. The van der Waals surface area contributed by atoms with Crippen molar-refractivity contribution < 1.29 is 14.7 Å². The van der Waals surface area contributed by atoms with E-state index < -0.39 is 5.97 Å². The van der Waals surface area contributed by atoms with E-state index in [1.165, 1.54) is 32.1 Å². The molecule has 3 nitrogen and oxygen atoms in total. The van der Waals surface area contributed by atoms with Gasteiger partial charge in [-0.3, -0.25) is 9.59 Å². The van der Waals surface area contributed by atoms with Gasteiger partial charge < -0.3 is 5.11 Å². The Balaban J connectivity index is 1.74. The molecular formula is C15H20O3. The highest BCUT2D eigenvalue weighted by atomic mass is 16.4. The molecule has 0 aromatic heterocycles. The quantitative estimate of drug-likeness (QED) is 0.778. The number of carboxylic acids is 1. The van der Waals surface area contributed by atoms with Crippen molar-refractivity contribution in [1.82, 2.24) is 0 Å². The first-order valence-electron chi connectivity index (χ1n) is 6.98. The monoisotopic (exact) mass is 248 g/mol. The summed E-state index contributed by atoms with van der Waals surface area (Å²) in [6.45, 7) is 3.70. The van der Waals surface area contributed by atoms with Crippen LogP contribution in [-0.4, -0.2) is 16.9 Å². The number of rotatable bonds is 4. The number of hydrogen-bond donors (Lipinski definition) is 1. The van der Waals surface area contributed by atoms with Gasteiger partial charge in [0.1, 0.15) is 0 Å². The first-order chi connectivity index (χ1) is 8.54. The van der Waals surface area contributed by atoms with Gasteiger partial charge in [0.15, 0.2) is 5.78 Å². The Morgan fingerprint density at radius 3 is 1.94 bits per heavy atom. The lowest BCUT2D eigenvalue weighted by Crippen LogP contribution is -2.48. The third kappa shape index (κ3) is 1.90. The maximum Gasteiger partial charge on any atom is 0.307 e. The third-order valence-electron chi connectivity index (χ3n) is 5.24. The Labute approximate surface area is 107 Å². The molecule has 0 aromatic carbocycles. The summed E-state index contributed by atoms with van der Waals surface area (Å²) in [5, 5.41) is 8.77. The summed E-state index contributed by atoms with van der Waals surface area (Å²) in [6, 6.07) is 0. The van der Waals surface area contributed by atoms with Crippen LogP contribution in [0.25, 0.3) is 0 Å². The van der Waals surface area contributed by atoms with Gasteiger partial charge in [0, 0.05) is 5.92 Å². The zero-order valence-electron chi connectivity index (χ0n) is 10.6. The van der Waals surface area contributed by atoms with Crippen molar-refractivity contribution in [3.8, 4) is 0 Å². The van der Waals surface area contributed by atoms with E-state index in [-0.39, 0.29) is 18.1 Å². The van der Waals surface area contributed by atoms with Gasteiger partial charge in [-0.2, -0.15) is 0 Å². The summed E-state index contributed by atoms with van der Waals surface area (Å²) in [7, 11) is 0. The first kappa shape index (κ1) is 11.9. The SMILES string of the molecule is C=C(CC(=O)O)C(=O)C1C2CC3CC(C2)CC1C3. The predicted molar refractivity (Wildman–Crippen MR) is 66.9 cm³/mol. The molecule has 0 aromatic rings. The van der Waals surface area contributed by atoms with Gasteiger partial charge in [-0.25, -0.2) is 0 Å². The van der Waals surface area contributed by atoms with E-state index in [9.17, 15) is 9.59 Å². The predicted octanol–water partition coefficient (Wildman–Crippen LogP) is 2.66. The molecule has 0 radical (unpaired) electrons. The molecule has 4 aliphatic carbocycles. The van der Waals surface area contributed by atoms with Gasteiger partial charge in [0.05, 0.1) is 6.42 Å². The van der Waals surface area contributed by atoms with Crippen molar-refractivity contribution in [3.05, 3.63) is 12.2 Å². The van der Waals surface area contributed by atoms with Gasteiger partial charge >= 0.3 is 5.97 Å². The van der Waals surface area contributed by atoms with E-state index in [1.807, 2.05) is 0 Å². The normalized spacial score (nSPS) is 40.8. The molecule has 98 valence electrons. The number of aliphatic carboxylic acids is 1. The van der Waals surface area contributed by atoms with E-state index in [2.05, 4.69) is 6.58 Å². The second-order valence-electron chi connectivity index (χ2n) is 6.49. The van der Waals surface area contributed by atoms with Gasteiger partial charge in [-0.1, -0.05) is 6.58 Å². The van der Waals surface area contributed by atoms with Crippen LogP contribution in [0.15, 0.2) is 12.2 Å². The fraction of sp³-hybridized carbons (Fsp3) is 0.733. The topological polar surface area (TPSA) is 54.4 Å². The lowest BCUT2D eigenvalue weighted by Gasteiger charge is -2.53. The number of ketones is 1. The Morgan fingerprint density at radius 2 is 1.50 bits per heavy atom. The van der Waals surface area contributed by atoms with E-state index in [1.54, 1.807) is 0 Å². The molecule has 4 rings (SSSR count). The minimum Gasteiger partial charge on any atom is -0.481 e. The molecule has 0 amide bonds. The molecule has 0 unspecified atom stereocenters. The van der Waals surface area contributed by atoms with Crippen LogP contribution >= 0.6 is 0 Å².